The molecule has 2 aromatic carbocycles. The van der Waals surface area contributed by atoms with Crippen molar-refractivity contribution < 1.29 is 33.3 Å². The van der Waals surface area contributed by atoms with Gasteiger partial charge in [0.1, 0.15) is 13.2 Å². The number of nitrogens with one attached hydrogen (secondary N) is 1. The van der Waals surface area contributed by atoms with Crippen LogP contribution in [-0.4, -0.2) is 44.8 Å². The Hall–Kier alpha value is -3.52. The number of amides is 1. The summed E-state index contributed by atoms with van der Waals surface area (Å²) in [6.07, 6.45) is 2.68. The van der Waals surface area contributed by atoms with E-state index in [4.69, 9.17) is 25.8 Å². The minimum absolute atomic E-state index is 0.353. The Labute approximate surface area is 177 Å². The quantitative estimate of drug-likeness (QED) is 0.554. The van der Waals surface area contributed by atoms with E-state index in [9.17, 15) is 14.4 Å². The zero-order valence-electron chi connectivity index (χ0n) is 16.0. The Bertz CT molecular complexity index is 986. The number of carbonyl (C=O) groups excluding carboxylic acids is 3. The summed E-state index contributed by atoms with van der Waals surface area (Å²) in [4.78, 5) is 35.2. The maximum absolute atomic E-state index is 11.9. The Kier molecular flexibility index (Phi) is 6.92. The molecule has 9 heteroatoms. The summed E-state index contributed by atoms with van der Waals surface area (Å²) < 4.78 is 20.4. The first-order valence-electron chi connectivity index (χ1n) is 8.88. The summed E-state index contributed by atoms with van der Waals surface area (Å²) in [5, 5.41) is 2.93. The normalized spacial score (nSPS) is 12.3. The maximum Gasteiger partial charge on any atom is 0.337 e. The molecule has 8 nitrogen and oxygen atoms in total. The van der Waals surface area contributed by atoms with Crippen LogP contribution in [0.1, 0.15) is 15.9 Å². The number of halogens is 1. The molecule has 0 unspecified atom stereocenters. The van der Waals surface area contributed by atoms with Gasteiger partial charge in [-0.2, -0.15) is 0 Å². The molecule has 0 radical (unpaired) electrons. The van der Waals surface area contributed by atoms with Gasteiger partial charge in [-0.25, -0.2) is 9.59 Å². The molecule has 1 N–H and O–H groups in total. The van der Waals surface area contributed by atoms with Crippen LogP contribution in [0.15, 0.2) is 42.5 Å². The molecular weight excluding hydrogens is 414 g/mol. The van der Waals surface area contributed by atoms with Gasteiger partial charge < -0.3 is 24.3 Å². The van der Waals surface area contributed by atoms with E-state index in [1.54, 1.807) is 12.1 Å². The molecule has 0 aliphatic carbocycles. The van der Waals surface area contributed by atoms with E-state index in [1.165, 1.54) is 43.5 Å². The molecule has 1 aliphatic heterocycles. The van der Waals surface area contributed by atoms with Crippen molar-refractivity contribution in [2.45, 2.75) is 0 Å². The number of methoxy groups -OCH3 is 1. The number of anilines is 1. The number of benzene rings is 2. The SMILES string of the molecule is COC(=O)c1ccc(NC(=O)COC(=O)/C=C/c2cc(Cl)c3c(c2)OCCO3)cc1. The van der Waals surface area contributed by atoms with Crippen LogP contribution in [0.4, 0.5) is 5.69 Å². The van der Waals surface area contributed by atoms with E-state index in [-0.39, 0.29) is 0 Å². The number of hydrogen-bond acceptors (Lipinski definition) is 7. The first-order chi connectivity index (χ1) is 14.5. The van der Waals surface area contributed by atoms with Crippen molar-refractivity contribution in [1.29, 1.82) is 0 Å². The van der Waals surface area contributed by atoms with Crippen molar-refractivity contribution in [2.24, 2.45) is 0 Å². The summed E-state index contributed by atoms with van der Waals surface area (Å²) in [5.74, 6) is -0.728. The molecule has 0 fully saturated rings. The molecule has 0 saturated carbocycles. The summed E-state index contributed by atoms with van der Waals surface area (Å²) in [5.41, 5.74) is 1.42. The maximum atomic E-state index is 11.9. The van der Waals surface area contributed by atoms with E-state index in [0.29, 0.717) is 46.5 Å². The molecule has 1 amide bonds. The van der Waals surface area contributed by atoms with E-state index < -0.39 is 24.5 Å². The molecule has 1 aliphatic rings. The van der Waals surface area contributed by atoms with Gasteiger partial charge in [-0.05, 0) is 48.0 Å². The lowest BCUT2D eigenvalue weighted by molar-refractivity contribution is -0.142. The average molecular weight is 432 g/mol. The van der Waals surface area contributed by atoms with Crippen molar-refractivity contribution >= 4 is 41.2 Å². The Morgan fingerprint density at radius 3 is 2.60 bits per heavy atom. The highest BCUT2D eigenvalue weighted by atomic mass is 35.5. The molecular formula is C21H18ClNO7. The fraction of sp³-hybridized carbons (Fsp3) is 0.190. The van der Waals surface area contributed by atoms with Gasteiger partial charge in [-0.15, -0.1) is 0 Å². The standard InChI is InChI=1S/C21H18ClNO7/c1-27-21(26)14-3-5-15(6-4-14)23-18(24)12-30-19(25)7-2-13-10-16(22)20-17(11-13)28-8-9-29-20/h2-7,10-11H,8-9,12H2,1H3,(H,23,24)/b7-2+. The molecule has 0 spiro atoms. The number of rotatable bonds is 6. The molecule has 2 aromatic rings. The predicted octanol–water partition coefficient (Wildman–Crippen LogP) is 3.09. The average Bonchev–Trinajstić information content (AvgIpc) is 2.76. The van der Waals surface area contributed by atoms with Gasteiger partial charge in [-0.1, -0.05) is 11.6 Å². The number of carbonyl (C=O) groups is 3. The van der Waals surface area contributed by atoms with Crippen molar-refractivity contribution in [3.63, 3.8) is 0 Å². The van der Waals surface area contributed by atoms with Gasteiger partial charge in [0, 0.05) is 11.8 Å². The Morgan fingerprint density at radius 2 is 1.87 bits per heavy atom. The van der Waals surface area contributed by atoms with Crippen LogP contribution in [-0.2, 0) is 19.1 Å². The van der Waals surface area contributed by atoms with Crippen LogP contribution in [0, 0.1) is 0 Å². The smallest absolute Gasteiger partial charge is 0.337 e. The lowest BCUT2D eigenvalue weighted by Gasteiger charge is -2.19. The van der Waals surface area contributed by atoms with E-state index in [2.05, 4.69) is 10.1 Å². The topological polar surface area (TPSA) is 100 Å². The highest BCUT2D eigenvalue weighted by Gasteiger charge is 2.16. The van der Waals surface area contributed by atoms with Gasteiger partial charge in [0.2, 0.25) is 0 Å². The number of hydrogen-bond donors (Lipinski definition) is 1. The van der Waals surface area contributed by atoms with Crippen LogP contribution in [0.2, 0.25) is 5.02 Å². The Balaban J connectivity index is 1.50. The second-order valence-corrected chi connectivity index (χ2v) is 6.49. The van der Waals surface area contributed by atoms with Gasteiger partial charge in [0.05, 0.1) is 17.7 Å². The highest BCUT2D eigenvalue weighted by molar-refractivity contribution is 6.32. The fourth-order valence-electron chi connectivity index (χ4n) is 2.58. The van der Waals surface area contributed by atoms with Crippen molar-refractivity contribution in [1.82, 2.24) is 0 Å². The number of esters is 2. The second-order valence-electron chi connectivity index (χ2n) is 6.09. The molecule has 3 rings (SSSR count). The van der Waals surface area contributed by atoms with Gasteiger partial charge in [0.25, 0.3) is 5.91 Å². The predicted molar refractivity (Wildman–Crippen MR) is 109 cm³/mol. The van der Waals surface area contributed by atoms with Crippen molar-refractivity contribution in [2.75, 3.05) is 32.2 Å². The largest absolute Gasteiger partial charge is 0.486 e. The van der Waals surface area contributed by atoms with Crippen molar-refractivity contribution in [3.05, 3.63) is 58.6 Å². The molecule has 30 heavy (non-hydrogen) atoms. The van der Waals surface area contributed by atoms with Crippen LogP contribution >= 0.6 is 11.6 Å². The minimum Gasteiger partial charge on any atom is -0.486 e. The van der Waals surface area contributed by atoms with E-state index >= 15 is 0 Å². The molecule has 0 atom stereocenters. The summed E-state index contributed by atoms with van der Waals surface area (Å²) >= 11 is 6.14. The lowest BCUT2D eigenvalue weighted by atomic mass is 10.2. The second kappa shape index (κ2) is 9.80. The summed E-state index contributed by atoms with van der Waals surface area (Å²) in [7, 11) is 1.28. The van der Waals surface area contributed by atoms with Crippen LogP contribution in [0.25, 0.3) is 6.08 Å². The lowest BCUT2D eigenvalue weighted by Crippen LogP contribution is -2.20. The van der Waals surface area contributed by atoms with Gasteiger partial charge in [-0.3, -0.25) is 4.79 Å². The van der Waals surface area contributed by atoms with E-state index in [1.807, 2.05) is 0 Å². The van der Waals surface area contributed by atoms with Gasteiger partial charge in [0.15, 0.2) is 18.1 Å². The summed E-state index contributed by atoms with van der Waals surface area (Å²) in [6.45, 7) is 0.370. The first-order valence-corrected chi connectivity index (χ1v) is 9.26. The fourth-order valence-corrected chi connectivity index (χ4v) is 2.85. The summed E-state index contributed by atoms with van der Waals surface area (Å²) in [6, 6.07) is 9.41. The van der Waals surface area contributed by atoms with Crippen molar-refractivity contribution in [3.8, 4) is 11.5 Å². The first kappa shape index (κ1) is 21.2. The zero-order chi connectivity index (χ0) is 21.5. The molecule has 0 saturated heterocycles. The molecule has 0 bridgehead atoms. The zero-order valence-corrected chi connectivity index (χ0v) is 16.7. The number of ether oxygens (including phenoxy) is 4. The molecule has 156 valence electrons. The van der Waals surface area contributed by atoms with Crippen LogP contribution in [0.5, 0.6) is 11.5 Å². The monoisotopic (exact) mass is 431 g/mol. The molecule has 1 heterocycles. The van der Waals surface area contributed by atoms with E-state index in [0.717, 1.165) is 0 Å². The van der Waals surface area contributed by atoms with Gasteiger partial charge >= 0.3 is 11.9 Å². The van der Waals surface area contributed by atoms with Crippen LogP contribution < -0.4 is 14.8 Å². The third-order valence-electron chi connectivity index (χ3n) is 3.97. The molecule has 0 aromatic heterocycles. The Morgan fingerprint density at radius 1 is 1.13 bits per heavy atom. The highest BCUT2D eigenvalue weighted by Crippen LogP contribution is 2.38. The van der Waals surface area contributed by atoms with Crippen LogP contribution in [0.3, 0.4) is 0 Å². The number of fused-ring (bicyclic) bond motifs is 1. The third-order valence-corrected chi connectivity index (χ3v) is 4.25. The minimum atomic E-state index is -0.697. The third kappa shape index (κ3) is 5.51.